The van der Waals surface area contributed by atoms with Gasteiger partial charge in [0.1, 0.15) is 0 Å². The van der Waals surface area contributed by atoms with Crippen LogP contribution < -0.4 is 24.8 Å². The number of hydrogen-bond donors (Lipinski definition) is 0. The van der Waals surface area contributed by atoms with Crippen LogP contribution in [0.5, 0.6) is 0 Å². The molecule has 0 saturated heterocycles. The van der Waals surface area contributed by atoms with Crippen LogP contribution >= 0.6 is 0 Å². The van der Waals surface area contributed by atoms with E-state index in [4.69, 9.17) is 0 Å². The Balaban J connectivity index is 0.000000195. The minimum absolute atomic E-state index is 0. The van der Waals surface area contributed by atoms with Crippen molar-refractivity contribution in [2.75, 3.05) is 0 Å². The van der Waals surface area contributed by atoms with Crippen LogP contribution in [0.15, 0.2) is 140 Å². The molecule has 0 atom stereocenters. The molecule has 8 aromatic carbocycles. The van der Waals surface area contributed by atoms with Gasteiger partial charge in [0.15, 0.2) is 0 Å². The number of aryl methyl sites for hydroxylation is 2. The number of halogens is 2. The summed E-state index contributed by atoms with van der Waals surface area (Å²) >= 11 is 1.30. The van der Waals surface area contributed by atoms with Crippen molar-refractivity contribution in [3.8, 4) is 22.3 Å². The van der Waals surface area contributed by atoms with Crippen molar-refractivity contribution in [1.82, 2.24) is 0 Å². The molecule has 0 amide bonds. The molecule has 0 nitrogen and oxygen atoms in total. The summed E-state index contributed by atoms with van der Waals surface area (Å²) in [6, 6.07) is 50.8. The van der Waals surface area contributed by atoms with Crippen molar-refractivity contribution >= 4 is 47.3 Å². The maximum Gasteiger partial charge on any atom is -1.00 e. The summed E-state index contributed by atoms with van der Waals surface area (Å²) in [5.41, 5.74) is 9.42. The van der Waals surface area contributed by atoms with Crippen LogP contribution in [0.3, 0.4) is 0 Å². The summed E-state index contributed by atoms with van der Waals surface area (Å²) in [5.74, 6) is 0.563. The fourth-order valence-corrected chi connectivity index (χ4v) is 6.57. The van der Waals surface area contributed by atoms with Crippen molar-refractivity contribution in [2.24, 2.45) is 0 Å². The van der Waals surface area contributed by atoms with Crippen molar-refractivity contribution in [3.05, 3.63) is 156 Å². The van der Waals surface area contributed by atoms with Crippen LogP contribution in [0.2, 0.25) is 0 Å². The van der Waals surface area contributed by atoms with E-state index in [1.54, 1.807) is 0 Å². The average Bonchev–Trinajstić information content (AvgIpc) is 3.70. The van der Waals surface area contributed by atoms with Gasteiger partial charge in [-0.05, 0) is 38.6 Å². The Hall–Kier alpha value is -3.61. The smallest absolute Gasteiger partial charge is 1.00 e. The molecule has 0 unspecified atom stereocenters. The molecule has 0 saturated carbocycles. The van der Waals surface area contributed by atoms with Gasteiger partial charge in [-0.25, -0.2) is 0 Å². The summed E-state index contributed by atoms with van der Waals surface area (Å²) in [7, 11) is 0. The molecule has 0 aliphatic carbocycles. The predicted molar refractivity (Wildman–Crippen MR) is 196 cm³/mol. The summed E-state index contributed by atoms with van der Waals surface area (Å²) in [4.78, 5) is 0. The van der Waals surface area contributed by atoms with E-state index in [2.05, 4.69) is 171 Å². The standard InChI is InChI=1S/C22H19.C21H17.CH2.2ClH.Zr/c1-15(2)18-13-17-9-6-12-21(22(17)14-18)20-11-5-8-16-7-3-4-10-19(16)20;1-14-12-20-15(2)10-11-19(21(20)13-14)18-9-5-7-16-6-3-4-8-17(16)18;;;;/h3-15H,1-2H3;3-13H,1-2H3;1H2;2*1H;/q2*-1;;;;+2/p-2. The molecule has 0 fully saturated rings. The Labute approximate surface area is 306 Å². The third kappa shape index (κ3) is 7.29. The van der Waals surface area contributed by atoms with Crippen LogP contribution in [0.25, 0.3) is 65.3 Å². The van der Waals surface area contributed by atoms with Gasteiger partial charge in [-0.2, -0.15) is 12.1 Å². The molecule has 0 bridgehead atoms. The van der Waals surface area contributed by atoms with Gasteiger partial charge in [0.05, 0.1) is 0 Å². The van der Waals surface area contributed by atoms with E-state index in [0.717, 1.165) is 0 Å². The number of hydrogen-bond acceptors (Lipinski definition) is 0. The van der Waals surface area contributed by atoms with E-state index in [9.17, 15) is 0 Å². The normalized spacial score (nSPS) is 10.6. The molecule has 8 rings (SSSR count). The molecule has 0 heterocycles. The summed E-state index contributed by atoms with van der Waals surface area (Å²) in [6.45, 7) is 8.87. The largest absolute Gasteiger partial charge is 1.00 e. The molecule has 3 heteroatoms. The predicted octanol–water partition coefficient (Wildman–Crippen LogP) is 6.47. The Kier molecular flexibility index (Phi) is 12.3. The number of benzene rings is 6. The molecular weight excluding hydrogens is 691 g/mol. The maximum atomic E-state index is 3.34. The van der Waals surface area contributed by atoms with Gasteiger partial charge in [0.25, 0.3) is 0 Å². The maximum absolute atomic E-state index is 3.34. The molecule has 0 radical (unpaired) electrons. The first-order valence-corrected chi connectivity index (χ1v) is 17.4. The van der Waals surface area contributed by atoms with Crippen molar-refractivity contribution in [2.45, 2.75) is 33.6 Å². The zero-order chi connectivity index (χ0) is 31.5. The van der Waals surface area contributed by atoms with Crippen LogP contribution in [-0.4, -0.2) is 4.21 Å². The van der Waals surface area contributed by atoms with Crippen molar-refractivity contribution in [1.29, 1.82) is 0 Å². The van der Waals surface area contributed by atoms with Crippen LogP contribution in [0, 0.1) is 13.8 Å². The quantitative estimate of drug-likeness (QED) is 0.183. The van der Waals surface area contributed by atoms with Crippen LogP contribution in [0.1, 0.15) is 36.5 Å². The molecule has 0 aromatic heterocycles. The summed E-state index contributed by atoms with van der Waals surface area (Å²) in [6.07, 6.45) is 0. The minimum Gasteiger partial charge on any atom is -1.00 e. The minimum atomic E-state index is 0. The van der Waals surface area contributed by atoms with Gasteiger partial charge in [0, 0.05) is 0 Å². The van der Waals surface area contributed by atoms with Gasteiger partial charge in [0.2, 0.25) is 0 Å². The fraction of sp³-hybridized carbons (Fsp3) is 0.114. The molecule has 0 spiro atoms. The fourth-order valence-electron chi connectivity index (χ4n) is 6.57. The Bertz CT molecular complexity index is 2260. The topological polar surface area (TPSA) is 0 Å². The average molecular weight is 729 g/mol. The molecule has 47 heavy (non-hydrogen) atoms. The Morgan fingerprint density at radius 2 is 1.00 bits per heavy atom. The second kappa shape index (κ2) is 16.0. The van der Waals surface area contributed by atoms with Gasteiger partial charge < -0.3 is 24.8 Å². The van der Waals surface area contributed by atoms with E-state index >= 15 is 0 Å². The first kappa shape index (κ1) is 36.2. The molecule has 234 valence electrons. The third-order valence-corrected chi connectivity index (χ3v) is 8.85. The zero-order valence-electron chi connectivity index (χ0n) is 27.3. The second-order valence-corrected chi connectivity index (χ2v) is 12.1. The Morgan fingerprint density at radius 1 is 0.511 bits per heavy atom. The SMILES string of the molecule is CC(C)c1cc2c(-c3cccc4ccccc34)cccc2[cH-]1.Cc1cc2c(-c3cccc4ccccc34)ccc(C)c2[cH-]1.[CH2]=[Zr+2].[Cl-].[Cl-]. The number of fused-ring (bicyclic) bond motifs is 4. The second-order valence-electron chi connectivity index (χ2n) is 12.1. The molecule has 0 aliphatic rings. The summed E-state index contributed by atoms with van der Waals surface area (Å²) < 4.78 is 3.34. The van der Waals surface area contributed by atoms with Crippen LogP contribution in [0.4, 0.5) is 0 Å². The van der Waals surface area contributed by atoms with E-state index in [-0.39, 0.29) is 24.8 Å². The molecular formula is C44H38Cl2Zr-2. The van der Waals surface area contributed by atoms with E-state index in [1.807, 2.05) is 0 Å². The van der Waals surface area contributed by atoms with E-state index < -0.39 is 0 Å². The zero-order valence-corrected chi connectivity index (χ0v) is 31.3. The van der Waals surface area contributed by atoms with E-state index in [1.165, 1.54) is 106 Å². The van der Waals surface area contributed by atoms with Gasteiger partial charge in [-0.15, -0.1) is 68.6 Å². The third-order valence-electron chi connectivity index (χ3n) is 8.85. The molecule has 0 N–H and O–H groups in total. The van der Waals surface area contributed by atoms with Gasteiger partial charge in [-0.1, -0.05) is 136 Å². The number of rotatable bonds is 3. The van der Waals surface area contributed by atoms with Gasteiger partial charge >= 0.3 is 28.4 Å². The van der Waals surface area contributed by atoms with Gasteiger partial charge in [-0.3, -0.25) is 0 Å². The molecule has 8 aromatic rings. The van der Waals surface area contributed by atoms with Crippen molar-refractivity contribution < 1.29 is 49.0 Å². The first-order chi connectivity index (χ1) is 22.0. The van der Waals surface area contributed by atoms with Crippen molar-refractivity contribution in [3.63, 3.8) is 0 Å². The van der Waals surface area contributed by atoms with E-state index in [0.29, 0.717) is 5.92 Å². The monoisotopic (exact) mass is 726 g/mol. The first-order valence-electron chi connectivity index (χ1n) is 15.7. The summed E-state index contributed by atoms with van der Waals surface area (Å²) in [5, 5.41) is 10.7. The van der Waals surface area contributed by atoms with Crippen LogP contribution in [-0.2, 0) is 24.2 Å². The molecule has 0 aliphatic heterocycles. The Morgan fingerprint density at radius 3 is 1.57 bits per heavy atom.